The van der Waals surface area contributed by atoms with Gasteiger partial charge in [0, 0.05) is 28.4 Å². The Balaban J connectivity index is 1.71. The highest BCUT2D eigenvalue weighted by Crippen LogP contribution is 2.20. The lowest BCUT2D eigenvalue weighted by Gasteiger charge is -2.08. The van der Waals surface area contributed by atoms with Crippen molar-refractivity contribution in [2.75, 3.05) is 6.54 Å². The normalized spacial score (nSPS) is 13.9. The fourth-order valence-corrected chi connectivity index (χ4v) is 2.39. The molecule has 0 atom stereocenters. The van der Waals surface area contributed by atoms with Crippen LogP contribution in [-0.4, -0.2) is 24.4 Å². The smallest absolute Gasteiger partial charge is 0.252 e. The fourth-order valence-electron chi connectivity index (χ4n) is 1.76. The Hall–Kier alpha value is -1.01. The molecular weight excluding hydrogens is 340 g/mol. The van der Waals surface area contributed by atoms with Crippen LogP contribution in [0.4, 0.5) is 0 Å². The van der Waals surface area contributed by atoms with Crippen LogP contribution in [0.3, 0.4) is 0 Å². The Bertz CT molecular complexity index is 518. The number of amides is 2. The summed E-state index contributed by atoms with van der Waals surface area (Å²) in [5, 5.41) is 5.73. The molecule has 0 aliphatic heterocycles. The summed E-state index contributed by atoms with van der Waals surface area (Å²) in [6.45, 7) is 0.486. The van der Waals surface area contributed by atoms with E-state index in [0.29, 0.717) is 31.0 Å². The van der Waals surface area contributed by atoms with Crippen molar-refractivity contribution in [3.8, 4) is 0 Å². The first-order valence-corrected chi connectivity index (χ1v) is 7.86. The van der Waals surface area contributed by atoms with Crippen LogP contribution in [0.1, 0.15) is 36.0 Å². The van der Waals surface area contributed by atoms with Crippen molar-refractivity contribution in [1.29, 1.82) is 0 Å². The Morgan fingerprint density at radius 3 is 2.80 bits per heavy atom. The van der Waals surface area contributed by atoms with E-state index in [4.69, 9.17) is 0 Å². The Morgan fingerprint density at radius 1 is 1.35 bits per heavy atom. The van der Waals surface area contributed by atoms with Gasteiger partial charge in [-0.25, -0.2) is 0 Å². The van der Waals surface area contributed by atoms with E-state index < -0.39 is 0 Å². The van der Waals surface area contributed by atoms with Crippen LogP contribution in [0.2, 0.25) is 0 Å². The maximum atomic E-state index is 12.0. The molecule has 2 N–H and O–H groups in total. The number of halogens is 1. The van der Waals surface area contributed by atoms with Crippen LogP contribution >= 0.6 is 28.6 Å². The zero-order valence-corrected chi connectivity index (χ0v) is 13.5. The molecule has 1 saturated carbocycles. The predicted octanol–water partition coefficient (Wildman–Crippen LogP) is 2.53. The van der Waals surface area contributed by atoms with Gasteiger partial charge in [0.05, 0.1) is 5.56 Å². The lowest BCUT2D eigenvalue weighted by molar-refractivity contribution is -0.121. The van der Waals surface area contributed by atoms with Crippen molar-refractivity contribution in [2.24, 2.45) is 0 Å². The molecule has 20 heavy (non-hydrogen) atoms. The summed E-state index contributed by atoms with van der Waals surface area (Å²) < 4.78 is 0.735. The van der Waals surface area contributed by atoms with Gasteiger partial charge < -0.3 is 10.6 Å². The molecular formula is C14H17BrN2O2S. The molecule has 0 unspecified atom stereocenters. The van der Waals surface area contributed by atoms with Gasteiger partial charge in [-0.3, -0.25) is 9.59 Å². The summed E-state index contributed by atoms with van der Waals surface area (Å²) in [5.74, 6) is -0.0874. The van der Waals surface area contributed by atoms with E-state index in [1.807, 2.05) is 6.07 Å². The van der Waals surface area contributed by atoms with Crippen molar-refractivity contribution in [3.05, 3.63) is 28.2 Å². The standard InChI is InChI=1S/C14H17BrN2O2S/c15-12-6-5-10(20)8-11(12)14(19)16-7-1-2-13(18)17-9-3-4-9/h5-6,8-9,20H,1-4,7H2,(H,16,19)(H,17,18). The summed E-state index contributed by atoms with van der Waals surface area (Å²) in [4.78, 5) is 24.2. The number of carbonyl (C=O) groups is 2. The highest BCUT2D eigenvalue weighted by molar-refractivity contribution is 9.10. The fraction of sp³-hybridized carbons (Fsp3) is 0.429. The highest BCUT2D eigenvalue weighted by Gasteiger charge is 2.22. The summed E-state index contributed by atoms with van der Waals surface area (Å²) in [7, 11) is 0. The molecule has 4 nitrogen and oxygen atoms in total. The van der Waals surface area contributed by atoms with Gasteiger partial charge in [-0.1, -0.05) is 0 Å². The topological polar surface area (TPSA) is 58.2 Å². The van der Waals surface area contributed by atoms with Crippen LogP contribution in [0.15, 0.2) is 27.6 Å². The van der Waals surface area contributed by atoms with Crippen LogP contribution in [0.25, 0.3) is 0 Å². The third-order valence-corrected chi connectivity index (χ3v) is 3.97. The Labute approximate surface area is 132 Å². The summed E-state index contributed by atoms with van der Waals surface area (Å²) in [6, 6.07) is 5.71. The third-order valence-electron chi connectivity index (χ3n) is 3.00. The van der Waals surface area contributed by atoms with Crippen LogP contribution in [-0.2, 0) is 4.79 Å². The number of carbonyl (C=O) groups excluding carboxylic acids is 2. The van der Waals surface area contributed by atoms with E-state index in [1.54, 1.807) is 12.1 Å². The van der Waals surface area contributed by atoms with E-state index in [9.17, 15) is 9.59 Å². The van der Waals surface area contributed by atoms with Gasteiger partial charge in [-0.15, -0.1) is 12.6 Å². The SMILES string of the molecule is O=C(CCCNC(=O)c1cc(S)ccc1Br)NC1CC1. The maximum absolute atomic E-state index is 12.0. The van der Waals surface area contributed by atoms with E-state index in [2.05, 4.69) is 39.2 Å². The number of benzene rings is 1. The molecule has 0 spiro atoms. The van der Waals surface area contributed by atoms with Gasteiger partial charge in [-0.05, 0) is 53.4 Å². The minimum Gasteiger partial charge on any atom is -0.353 e. The zero-order chi connectivity index (χ0) is 14.5. The minimum atomic E-state index is -0.157. The second-order valence-electron chi connectivity index (χ2n) is 4.87. The van der Waals surface area contributed by atoms with Crippen molar-refractivity contribution < 1.29 is 9.59 Å². The molecule has 0 bridgehead atoms. The van der Waals surface area contributed by atoms with Crippen molar-refractivity contribution in [2.45, 2.75) is 36.6 Å². The Morgan fingerprint density at radius 2 is 2.10 bits per heavy atom. The second-order valence-corrected chi connectivity index (χ2v) is 6.24. The summed E-state index contributed by atoms with van der Waals surface area (Å²) >= 11 is 7.55. The first-order valence-electron chi connectivity index (χ1n) is 6.62. The monoisotopic (exact) mass is 356 g/mol. The summed E-state index contributed by atoms with van der Waals surface area (Å²) in [6.07, 6.45) is 3.28. The first kappa shape index (κ1) is 15.4. The van der Waals surface area contributed by atoms with E-state index in [0.717, 1.165) is 22.2 Å². The molecule has 0 aromatic heterocycles. The molecule has 1 fully saturated rings. The average Bonchev–Trinajstić information content (AvgIpc) is 3.21. The van der Waals surface area contributed by atoms with Crippen molar-refractivity contribution in [1.82, 2.24) is 10.6 Å². The van der Waals surface area contributed by atoms with Gasteiger partial charge in [-0.2, -0.15) is 0 Å². The van der Waals surface area contributed by atoms with Gasteiger partial charge in [0.15, 0.2) is 0 Å². The van der Waals surface area contributed by atoms with Crippen molar-refractivity contribution in [3.63, 3.8) is 0 Å². The van der Waals surface area contributed by atoms with Crippen LogP contribution < -0.4 is 10.6 Å². The quantitative estimate of drug-likeness (QED) is 0.541. The number of hydrogen-bond acceptors (Lipinski definition) is 3. The molecule has 108 valence electrons. The molecule has 1 aromatic carbocycles. The third kappa shape index (κ3) is 4.83. The highest BCUT2D eigenvalue weighted by atomic mass is 79.9. The van der Waals surface area contributed by atoms with Crippen LogP contribution in [0, 0.1) is 0 Å². The molecule has 2 amide bonds. The van der Waals surface area contributed by atoms with E-state index in [-0.39, 0.29) is 11.8 Å². The Kier molecular flexibility index (Phi) is 5.48. The molecule has 1 aliphatic rings. The van der Waals surface area contributed by atoms with E-state index >= 15 is 0 Å². The lowest BCUT2D eigenvalue weighted by atomic mass is 10.2. The number of thiol groups is 1. The number of rotatable bonds is 6. The molecule has 0 heterocycles. The molecule has 1 aliphatic carbocycles. The van der Waals surface area contributed by atoms with Gasteiger partial charge in [0.2, 0.25) is 5.91 Å². The number of hydrogen-bond donors (Lipinski definition) is 3. The van der Waals surface area contributed by atoms with Crippen LogP contribution in [0.5, 0.6) is 0 Å². The van der Waals surface area contributed by atoms with Crippen molar-refractivity contribution >= 4 is 40.4 Å². The number of nitrogens with one attached hydrogen (secondary N) is 2. The molecule has 0 saturated heterocycles. The van der Waals surface area contributed by atoms with Gasteiger partial charge >= 0.3 is 0 Å². The minimum absolute atomic E-state index is 0.0697. The van der Waals surface area contributed by atoms with Gasteiger partial charge in [0.1, 0.15) is 0 Å². The maximum Gasteiger partial charge on any atom is 0.252 e. The lowest BCUT2D eigenvalue weighted by Crippen LogP contribution is -2.28. The van der Waals surface area contributed by atoms with E-state index in [1.165, 1.54) is 0 Å². The molecule has 2 rings (SSSR count). The molecule has 6 heteroatoms. The average molecular weight is 357 g/mol. The zero-order valence-electron chi connectivity index (χ0n) is 11.0. The second kappa shape index (κ2) is 7.13. The largest absolute Gasteiger partial charge is 0.353 e. The first-order chi connectivity index (χ1) is 9.56. The summed E-state index contributed by atoms with van der Waals surface area (Å²) in [5.41, 5.74) is 0.555. The molecule has 1 aromatic rings. The predicted molar refractivity (Wildman–Crippen MR) is 84.1 cm³/mol. The molecule has 0 radical (unpaired) electrons. The van der Waals surface area contributed by atoms with Gasteiger partial charge in [0.25, 0.3) is 5.91 Å².